The molecule has 1 atom stereocenters. The lowest BCUT2D eigenvalue weighted by molar-refractivity contribution is 0.660. The molecule has 1 heterocycles. The van der Waals surface area contributed by atoms with Gasteiger partial charge in [0, 0.05) is 33.2 Å². The van der Waals surface area contributed by atoms with E-state index in [1.54, 1.807) is 0 Å². The van der Waals surface area contributed by atoms with Crippen LogP contribution < -0.4 is 4.90 Å². The van der Waals surface area contributed by atoms with Crippen molar-refractivity contribution in [1.82, 2.24) is 0 Å². The summed E-state index contributed by atoms with van der Waals surface area (Å²) in [6, 6.07) is 83.4. The van der Waals surface area contributed by atoms with Gasteiger partial charge in [-0.15, -0.1) is 0 Å². The van der Waals surface area contributed by atoms with Crippen molar-refractivity contribution in [2.24, 2.45) is 0 Å². The highest BCUT2D eigenvalue weighted by atomic mass is 16.3. The third-order valence-electron chi connectivity index (χ3n) is 15.0. The Bertz CT molecular complexity index is 3740. The SMILES string of the molecule is CC1(C)c2ccccc2-c2ccc(N(c3cc(-c4ccccc4)cc(-c4ccccc4)c3)c3ccc4c(c3)C3(c5ccccc5-4)c4ccccc4-c4c3ccc3oc5ccccc5c43)cc21. The first-order valence-corrected chi connectivity index (χ1v) is 23.1. The molecule has 0 saturated heterocycles. The zero-order valence-electron chi connectivity index (χ0n) is 36.7. The lowest BCUT2D eigenvalue weighted by Gasteiger charge is -2.33. The van der Waals surface area contributed by atoms with Crippen LogP contribution >= 0.6 is 0 Å². The molecule has 11 aromatic rings. The third-order valence-corrected chi connectivity index (χ3v) is 15.0. The Morgan fingerprint density at radius 3 is 1.53 bits per heavy atom. The summed E-state index contributed by atoms with van der Waals surface area (Å²) in [5.41, 5.74) is 24.8. The first-order chi connectivity index (χ1) is 32.5. The molecule has 0 radical (unpaired) electrons. The third kappa shape index (κ3) is 5.01. The van der Waals surface area contributed by atoms with E-state index in [9.17, 15) is 0 Å². The highest BCUT2D eigenvalue weighted by Gasteiger charge is 2.52. The minimum absolute atomic E-state index is 0.168. The number of rotatable bonds is 5. The first-order valence-electron chi connectivity index (χ1n) is 23.1. The van der Waals surface area contributed by atoms with Gasteiger partial charge in [-0.1, -0.05) is 184 Å². The zero-order valence-corrected chi connectivity index (χ0v) is 36.7. The van der Waals surface area contributed by atoms with Crippen LogP contribution in [0.2, 0.25) is 0 Å². The average molecular weight is 842 g/mol. The van der Waals surface area contributed by atoms with Crippen molar-refractivity contribution in [3.63, 3.8) is 0 Å². The number of para-hydroxylation sites is 1. The fourth-order valence-corrected chi connectivity index (χ4v) is 12.2. The fraction of sp³-hybridized carbons (Fsp3) is 0.0625. The molecule has 0 fully saturated rings. The largest absolute Gasteiger partial charge is 0.456 e. The molecular weight excluding hydrogens is 799 g/mol. The lowest BCUT2D eigenvalue weighted by atomic mass is 9.70. The first kappa shape index (κ1) is 37.2. The summed E-state index contributed by atoms with van der Waals surface area (Å²) < 4.78 is 6.57. The molecular formula is C64H43NO. The van der Waals surface area contributed by atoms with Crippen LogP contribution in [0.5, 0.6) is 0 Å². The summed E-state index contributed by atoms with van der Waals surface area (Å²) in [7, 11) is 0. The maximum Gasteiger partial charge on any atom is 0.136 e. The monoisotopic (exact) mass is 841 g/mol. The van der Waals surface area contributed by atoms with Crippen molar-refractivity contribution < 1.29 is 4.42 Å². The van der Waals surface area contributed by atoms with Crippen LogP contribution in [-0.4, -0.2) is 0 Å². The van der Waals surface area contributed by atoms with Gasteiger partial charge >= 0.3 is 0 Å². The van der Waals surface area contributed by atoms with Crippen LogP contribution in [0, 0.1) is 0 Å². The van der Waals surface area contributed by atoms with Crippen LogP contribution in [0.4, 0.5) is 17.1 Å². The second-order valence-corrected chi connectivity index (χ2v) is 18.8. The smallest absolute Gasteiger partial charge is 0.136 e. The normalized spacial score (nSPS) is 15.6. The molecule has 3 aliphatic rings. The minimum Gasteiger partial charge on any atom is -0.456 e. The quantitative estimate of drug-likeness (QED) is 0.172. The summed E-state index contributed by atoms with van der Waals surface area (Å²) >= 11 is 0. The van der Waals surface area contributed by atoms with E-state index in [1.165, 1.54) is 94.4 Å². The Kier molecular flexibility index (Phi) is 7.70. The Balaban J connectivity index is 1.06. The summed E-state index contributed by atoms with van der Waals surface area (Å²) in [5.74, 6) is 0. The molecule has 1 aromatic heterocycles. The fourth-order valence-electron chi connectivity index (χ4n) is 12.2. The molecule has 1 unspecified atom stereocenters. The van der Waals surface area contributed by atoms with Crippen molar-refractivity contribution >= 4 is 39.0 Å². The van der Waals surface area contributed by atoms with Gasteiger partial charge in [0.2, 0.25) is 0 Å². The molecule has 2 heteroatoms. The summed E-state index contributed by atoms with van der Waals surface area (Å²) in [4.78, 5) is 2.52. The highest BCUT2D eigenvalue weighted by Crippen LogP contribution is 2.65. The Labute approximate surface area is 384 Å². The number of anilines is 3. The van der Waals surface area contributed by atoms with Gasteiger partial charge in [0.1, 0.15) is 11.2 Å². The predicted molar refractivity (Wildman–Crippen MR) is 273 cm³/mol. The molecule has 14 rings (SSSR count). The molecule has 3 aliphatic carbocycles. The van der Waals surface area contributed by atoms with Crippen LogP contribution in [0.15, 0.2) is 229 Å². The molecule has 1 spiro atoms. The standard InChI is InChI=1S/C64H43NO/c1-63(2)53-25-13-9-21-47(53)49-31-29-44(38-57(49)63)65(46-36-42(40-17-5-3-6-18-40)35-43(37-46)41-19-7-4-8-20-41)45-30-32-50-48-22-10-14-26-54(48)64(58(50)39-45)55-27-15-11-23-51(55)61-56(64)33-34-60-62(61)52-24-12-16-28-59(52)66-60/h3-39H,1-2H3. The molecule has 0 N–H and O–H groups in total. The molecule has 0 bridgehead atoms. The number of hydrogen-bond acceptors (Lipinski definition) is 2. The molecule has 0 saturated carbocycles. The number of fused-ring (bicyclic) bond motifs is 17. The van der Waals surface area contributed by atoms with E-state index in [4.69, 9.17) is 4.42 Å². The van der Waals surface area contributed by atoms with Gasteiger partial charge in [-0.05, 0) is 144 Å². The van der Waals surface area contributed by atoms with E-state index < -0.39 is 5.41 Å². The average Bonchev–Trinajstić information content (AvgIpc) is 4.06. The maximum absolute atomic E-state index is 6.57. The van der Waals surface area contributed by atoms with Crippen LogP contribution in [-0.2, 0) is 10.8 Å². The number of furan rings is 1. The predicted octanol–water partition coefficient (Wildman–Crippen LogP) is 17.0. The highest BCUT2D eigenvalue weighted by molar-refractivity contribution is 6.16. The summed E-state index contributed by atoms with van der Waals surface area (Å²) in [6.07, 6.45) is 0. The topological polar surface area (TPSA) is 16.4 Å². The van der Waals surface area contributed by atoms with E-state index in [0.29, 0.717) is 0 Å². The van der Waals surface area contributed by atoms with Crippen LogP contribution in [0.25, 0.3) is 77.6 Å². The van der Waals surface area contributed by atoms with Gasteiger partial charge in [-0.2, -0.15) is 0 Å². The van der Waals surface area contributed by atoms with Crippen LogP contribution in [0.1, 0.15) is 47.2 Å². The van der Waals surface area contributed by atoms with Crippen LogP contribution in [0.3, 0.4) is 0 Å². The van der Waals surface area contributed by atoms with Gasteiger partial charge in [0.25, 0.3) is 0 Å². The molecule has 0 aliphatic heterocycles. The minimum atomic E-state index is -0.561. The second-order valence-electron chi connectivity index (χ2n) is 18.8. The number of benzene rings is 10. The number of nitrogens with zero attached hydrogens (tertiary/aromatic N) is 1. The Morgan fingerprint density at radius 2 is 0.848 bits per heavy atom. The van der Waals surface area contributed by atoms with Gasteiger partial charge in [-0.3, -0.25) is 0 Å². The van der Waals surface area contributed by atoms with E-state index in [2.05, 4.69) is 243 Å². The maximum atomic E-state index is 6.57. The van der Waals surface area contributed by atoms with Crippen molar-refractivity contribution in [1.29, 1.82) is 0 Å². The summed E-state index contributed by atoms with van der Waals surface area (Å²) in [5, 5.41) is 2.33. The molecule has 310 valence electrons. The van der Waals surface area contributed by atoms with E-state index >= 15 is 0 Å². The van der Waals surface area contributed by atoms with Gasteiger partial charge in [0.05, 0.1) is 5.41 Å². The van der Waals surface area contributed by atoms with Crippen molar-refractivity contribution in [3.8, 4) is 55.6 Å². The van der Waals surface area contributed by atoms with Gasteiger partial charge in [-0.25, -0.2) is 0 Å². The molecule has 66 heavy (non-hydrogen) atoms. The molecule has 10 aromatic carbocycles. The van der Waals surface area contributed by atoms with Crippen molar-refractivity contribution in [2.45, 2.75) is 24.7 Å². The molecule has 2 nitrogen and oxygen atoms in total. The molecule has 0 amide bonds. The van der Waals surface area contributed by atoms with E-state index in [-0.39, 0.29) is 5.41 Å². The number of hydrogen-bond donors (Lipinski definition) is 0. The zero-order chi connectivity index (χ0) is 43.7. The van der Waals surface area contributed by atoms with Gasteiger partial charge in [0.15, 0.2) is 0 Å². The van der Waals surface area contributed by atoms with E-state index in [1.807, 2.05) is 0 Å². The Hall–Kier alpha value is -8.20. The summed E-state index contributed by atoms with van der Waals surface area (Å²) in [6.45, 7) is 4.75. The van der Waals surface area contributed by atoms with Gasteiger partial charge < -0.3 is 9.32 Å². The lowest BCUT2D eigenvalue weighted by Crippen LogP contribution is -2.26. The van der Waals surface area contributed by atoms with E-state index in [0.717, 1.165) is 33.6 Å². The Morgan fingerprint density at radius 1 is 0.333 bits per heavy atom. The van der Waals surface area contributed by atoms with Crippen molar-refractivity contribution in [3.05, 3.63) is 258 Å². The van der Waals surface area contributed by atoms with Crippen molar-refractivity contribution in [2.75, 3.05) is 4.90 Å². The second kappa shape index (κ2) is 13.7.